The Kier molecular flexibility index (Phi) is 6.11. The fourth-order valence-electron chi connectivity index (χ4n) is 2.33. The van der Waals surface area contributed by atoms with Crippen molar-refractivity contribution in [3.63, 3.8) is 0 Å². The summed E-state index contributed by atoms with van der Waals surface area (Å²) in [4.78, 5) is 27.2. The summed E-state index contributed by atoms with van der Waals surface area (Å²) in [6, 6.07) is 10.6. The van der Waals surface area contributed by atoms with Gasteiger partial charge in [-0.1, -0.05) is 29.3 Å². The molecule has 0 fully saturated rings. The molecule has 0 saturated heterocycles. The molecule has 1 heterocycles. The Morgan fingerprint density at radius 1 is 1.21 bits per heavy atom. The van der Waals surface area contributed by atoms with Gasteiger partial charge in [-0.15, -0.1) is 0 Å². The lowest BCUT2D eigenvalue weighted by Gasteiger charge is -2.10. The Morgan fingerprint density at radius 3 is 2.55 bits per heavy atom. The van der Waals surface area contributed by atoms with E-state index in [9.17, 15) is 18.0 Å². The lowest BCUT2D eigenvalue weighted by Crippen LogP contribution is -2.23. The second-order valence-electron chi connectivity index (χ2n) is 6.05. The number of benzene rings is 2. The van der Waals surface area contributed by atoms with Gasteiger partial charge in [-0.2, -0.15) is 13.4 Å². The Balaban J connectivity index is 1.92. The lowest BCUT2D eigenvalue weighted by atomic mass is 10.2. The van der Waals surface area contributed by atoms with Gasteiger partial charge in [0.25, 0.3) is 5.91 Å². The van der Waals surface area contributed by atoms with Crippen LogP contribution in [0.15, 0.2) is 57.3 Å². The van der Waals surface area contributed by atoms with Gasteiger partial charge in [0.2, 0.25) is 5.91 Å². The minimum atomic E-state index is -4.09. The lowest BCUT2D eigenvalue weighted by molar-refractivity contribution is -0.117. The van der Waals surface area contributed by atoms with Gasteiger partial charge in [-0.3, -0.25) is 9.59 Å². The molecule has 3 rings (SSSR count). The minimum absolute atomic E-state index is 0.000696. The quantitative estimate of drug-likeness (QED) is 0.564. The smallest absolute Gasteiger partial charge is 0.339 e. The van der Waals surface area contributed by atoms with Crippen molar-refractivity contribution >= 4 is 56.5 Å². The number of nitrogens with zero attached hydrogens (tertiary/aromatic N) is 1. The highest BCUT2D eigenvalue weighted by atomic mass is 35.5. The number of hydrogen-bond acceptors (Lipinski definition) is 6. The van der Waals surface area contributed by atoms with Crippen molar-refractivity contribution in [1.82, 2.24) is 5.32 Å². The van der Waals surface area contributed by atoms with Crippen LogP contribution in [0.1, 0.15) is 18.1 Å². The van der Waals surface area contributed by atoms with E-state index in [0.717, 1.165) is 17.3 Å². The fourth-order valence-corrected chi connectivity index (χ4v) is 4.32. The summed E-state index contributed by atoms with van der Waals surface area (Å²) in [5.41, 5.74) is 1.19. The molecular formula is C19H15ClN2O5S2. The van der Waals surface area contributed by atoms with E-state index in [0.29, 0.717) is 5.02 Å². The summed E-state index contributed by atoms with van der Waals surface area (Å²) in [5, 5.41) is 2.91. The van der Waals surface area contributed by atoms with Gasteiger partial charge in [-0.05, 0) is 55.1 Å². The van der Waals surface area contributed by atoms with Crippen LogP contribution in [0.2, 0.25) is 5.02 Å². The first-order valence-electron chi connectivity index (χ1n) is 8.25. The van der Waals surface area contributed by atoms with Gasteiger partial charge in [0.15, 0.2) is 5.17 Å². The van der Waals surface area contributed by atoms with Crippen LogP contribution < -0.4 is 9.50 Å². The maximum Gasteiger partial charge on any atom is 0.339 e. The van der Waals surface area contributed by atoms with Crippen molar-refractivity contribution in [3.8, 4) is 5.75 Å². The predicted molar refractivity (Wildman–Crippen MR) is 112 cm³/mol. The fraction of sp³-hybridized carbons (Fsp3) is 0.105. The summed E-state index contributed by atoms with van der Waals surface area (Å²) in [6.45, 7) is 3.14. The number of carbonyl (C=O) groups is 2. The van der Waals surface area contributed by atoms with Crippen molar-refractivity contribution < 1.29 is 22.2 Å². The highest BCUT2D eigenvalue weighted by Crippen LogP contribution is 2.33. The van der Waals surface area contributed by atoms with E-state index < -0.39 is 16.0 Å². The minimum Gasteiger partial charge on any atom is -0.378 e. The van der Waals surface area contributed by atoms with Gasteiger partial charge in [0.1, 0.15) is 10.6 Å². The molecule has 0 radical (unpaired) electrons. The van der Waals surface area contributed by atoms with Crippen molar-refractivity contribution in [2.45, 2.75) is 18.7 Å². The summed E-state index contributed by atoms with van der Waals surface area (Å²) >= 11 is 6.98. The Labute approximate surface area is 176 Å². The molecule has 10 heteroatoms. The number of halogens is 1. The van der Waals surface area contributed by atoms with E-state index >= 15 is 0 Å². The molecule has 1 aliphatic heterocycles. The molecular weight excluding hydrogens is 436 g/mol. The van der Waals surface area contributed by atoms with E-state index in [1.165, 1.54) is 43.3 Å². The monoisotopic (exact) mass is 450 g/mol. The van der Waals surface area contributed by atoms with Gasteiger partial charge >= 0.3 is 10.1 Å². The third-order valence-corrected chi connectivity index (χ3v) is 6.05. The highest BCUT2D eigenvalue weighted by Gasteiger charge is 2.24. The van der Waals surface area contributed by atoms with E-state index in [1.54, 1.807) is 12.1 Å². The molecule has 150 valence electrons. The Morgan fingerprint density at radius 2 is 1.90 bits per heavy atom. The zero-order valence-electron chi connectivity index (χ0n) is 15.3. The first-order valence-corrected chi connectivity index (χ1v) is 10.9. The molecule has 1 N–H and O–H groups in total. The van der Waals surface area contributed by atoms with Gasteiger partial charge < -0.3 is 9.50 Å². The van der Waals surface area contributed by atoms with Gasteiger partial charge in [-0.25, -0.2) is 0 Å². The molecule has 0 aliphatic carbocycles. The average Bonchev–Trinajstić information content (AvgIpc) is 2.96. The summed E-state index contributed by atoms with van der Waals surface area (Å²) in [7, 11) is -4.09. The highest BCUT2D eigenvalue weighted by molar-refractivity contribution is 8.18. The second-order valence-corrected chi connectivity index (χ2v) is 9.06. The number of amidine groups is 1. The SMILES string of the molecule is CC(=O)NC1=NC(=O)/C(=C\c2cc(Cl)ccc2OS(=O)(=O)c2ccc(C)cc2)S1. The number of carbonyl (C=O) groups excluding carboxylic acids is 2. The van der Waals surface area contributed by atoms with Crippen molar-refractivity contribution in [2.24, 2.45) is 4.99 Å². The van der Waals surface area contributed by atoms with Crippen molar-refractivity contribution in [3.05, 3.63) is 63.5 Å². The van der Waals surface area contributed by atoms with E-state index in [-0.39, 0.29) is 32.2 Å². The number of nitrogens with one attached hydrogen (secondary N) is 1. The molecule has 2 aromatic rings. The topological polar surface area (TPSA) is 102 Å². The van der Waals surface area contributed by atoms with Gasteiger partial charge in [0.05, 0.1) is 4.91 Å². The molecule has 1 aliphatic rings. The third kappa shape index (κ3) is 5.26. The van der Waals surface area contributed by atoms with Crippen LogP contribution in [-0.2, 0) is 19.7 Å². The first-order chi connectivity index (χ1) is 13.6. The summed E-state index contributed by atoms with van der Waals surface area (Å²) < 4.78 is 30.5. The van der Waals surface area contributed by atoms with Crippen LogP contribution in [0.3, 0.4) is 0 Å². The molecule has 0 unspecified atom stereocenters. The van der Waals surface area contributed by atoms with Crippen LogP contribution in [0, 0.1) is 6.92 Å². The predicted octanol–water partition coefficient (Wildman–Crippen LogP) is 3.52. The molecule has 29 heavy (non-hydrogen) atoms. The molecule has 2 aromatic carbocycles. The second kappa shape index (κ2) is 8.40. The molecule has 0 spiro atoms. The average molecular weight is 451 g/mol. The van der Waals surface area contributed by atoms with Crippen molar-refractivity contribution in [2.75, 3.05) is 0 Å². The number of aryl methyl sites for hydroxylation is 1. The Hall–Kier alpha value is -2.62. The van der Waals surface area contributed by atoms with Gasteiger partial charge in [0, 0.05) is 17.5 Å². The van der Waals surface area contributed by atoms with Crippen LogP contribution in [0.5, 0.6) is 5.75 Å². The standard InChI is InChI=1S/C19H15ClN2O5S2/c1-11-3-6-15(7-4-11)29(25,26)27-16-8-5-14(20)9-13(16)10-17-18(24)22-19(28-17)21-12(2)23/h3-10H,1-2H3,(H,21,22,23,24)/b17-10+. The maximum atomic E-state index is 12.6. The normalized spacial score (nSPS) is 15.3. The van der Waals surface area contributed by atoms with Crippen molar-refractivity contribution in [1.29, 1.82) is 0 Å². The molecule has 2 amide bonds. The number of thioether (sulfide) groups is 1. The zero-order valence-corrected chi connectivity index (χ0v) is 17.7. The number of aliphatic imine (C=N–C) groups is 1. The molecule has 0 saturated carbocycles. The number of rotatable bonds is 4. The first kappa shape index (κ1) is 21.1. The van der Waals surface area contributed by atoms with E-state index in [2.05, 4.69) is 10.3 Å². The summed E-state index contributed by atoms with van der Waals surface area (Å²) in [6.07, 6.45) is 1.41. The van der Waals surface area contributed by atoms with Crippen LogP contribution in [0.4, 0.5) is 0 Å². The molecule has 0 atom stereocenters. The third-order valence-electron chi connectivity index (χ3n) is 3.67. The number of hydrogen-bond donors (Lipinski definition) is 1. The molecule has 0 aromatic heterocycles. The van der Waals surface area contributed by atoms with E-state index in [1.807, 2.05) is 6.92 Å². The largest absolute Gasteiger partial charge is 0.378 e. The van der Waals surface area contributed by atoms with E-state index in [4.69, 9.17) is 15.8 Å². The molecule has 7 nitrogen and oxygen atoms in total. The van der Waals surface area contributed by atoms with Crippen LogP contribution in [-0.4, -0.2) is 25.4 Å². The van der Waals surface area contributed by atoms with Crippen LogP contribution in [0.25, 0.3) is 6.08 Å². The number of amides is 2. The molecule has 0 bridgehead atoms. The zero-order chi connectivity index (χ0) is 21.2. The summed E-state index contributed by atoms with van der Waals surface area (Å²) in [5.74, 6) is -0.920. The maximum absolute atomic E-state index is 12.6. The van der Waals surface area contributed by atoms with Crippen LogP contribution >= 0.6 is 23.4 Å². The Bertz CT molecular complexity index is 1160.